The average molecular weight is 152 g/mol. The van der Waals surface area contributed by atoms with Crippen LogP contribution in [0.25, 0.3) is 0 Å². The van der Waals surface area contributed by atoms with Crippen LogP contribution in [0.15, 0.2) is 0 Å². The van der Waals surface area contributed by atoms with Gasteiger partial charge in [0.2, 0.25) is 0 Å². The summed E-state index contributed by atoms with van der Waals surface area (Å²) in [6, 6.07) is 0. The van der Waals surface area contributed by atoms with Crippen molar-refractivity contribution in [3.05, 3.63) is 17.2 Å². The number of rotatable bonds is 1. The van der Waals surface area contributed by atoms with Crippen LogP contribution < -0.4 is 0 Å². The third kappa shape index (κ3) is 0.878. The molecule has 0 bridgehead atoms. The minimum Gasteiger partial charge on any atom is -0.345 e. The van der Waals surface area contributed by atoms with E-state index in [9.17, 15) is 4.79 Å². The average Bonchev–Trinajstić information content (AvgIpc) is 2.53. The van der Waals surface area contributed by atoms with E-state index in [1.54, 1.807) is 0 Å². The lowest BCUT2D eigenvalue weighted by atomic mass is 10.3. The third-order valence-corrected chi connectivity index (χ3v) is 2.03. The first-order valence-corrected chi connectivity index (χ1v) is 3.92. The van der Waals surface area contributed by atoms with Gasteiger partial charge in [0, 0.05) is 20.0 Å². The zero-order valence-corrected chi connectivity index (χ0v) is 6.48. The Morgan fingerprint density at radius 3 is 3.09 bits per heavy atom. The van der Waals surface area contributed by atoms with E-state index in [-0.39, 0.29) is 7.21 Å². The lowest BCUT2D eigenvalue weighted by molar-refractivity contribution is 0.0990. The van der Waals surface area contributed by atoms with Gasteiger partial charge in [-0.2, -0.15) is 0 Å². The Kier molecular flexibility index (Phi) is 1.31. The number of fused-ring (bicyclic) bond motifs is 1. The second-order valence-electron chi connectivity index (χ2n) is 2.79. The summed E-state index contributed by atoms with van der Waals surface area (Å²) < 4.78 is 0. The van der Waals surface area contributed by atoms with Crippen molar-refractivity contribution in [1.29, 1.82) is 0 Å². The van der Waals surface area contributed by atoms with E-state index in [1.807, 2.05) is 6.92 Å². The number of hydrogen-bond acceptors (Lipinski definition) is 2. The van der Waals surface area contributed by atoms with Crippen molar-refractivity contribution in [3.63, 3.8) is 0 Å². The van der Waals surface area contributed by atoms with Gasteiger partial charge in [-0.1, -0.05) is 6.92 Å². The molecule has 11 heavy (non-hydrogen) atoms. The highest BCUT2D eigenvalue weighted by molar-refractivity contribution is 5.98. The van der Waals surface area contributed by atoms with Crippen molar-refractivity contribution in [2.45, 2.75) is 26.2 Å². The first kappa shape index (κ1) is 6.58. The Morgan fingerprint density at radius 2 is 2.45 bits per heavy atom. The molecule has 1 heterocycles. The van der Waals surface area contributed by atoms with Crippen LogP contribution in [-0.4, -0.2) is 15.8 Å². The van der Waals surface area contributed by atoms with E-state index < -0.39 is 0 Å². The largest absolute Gasteiger partial charge is 0.345 e. The Labute approximate surface area is 66.3 Å². The molecule has 60 valence electrons. The molecule has 0 fully saturated rings. The molecule has 0 spiro atoms. The van der Waals surface area contributed by atoms with Crippen LogP contribution in [0.2, 0.25) is 0 Å². The molecule has 1 aliphatic carbocycles. The van der Waals surface area contributed by atoms with Crippen LogP contribution in [0.4, 0.5) is 0 Å². The Balaban J connectivity index is 0.000000720. The van der Waals surface area contributed by atoms with E-state index in [4.69, 9.17) is 0 Å². The van der Waals surface area contributed by atoms with E-state index in [0.29, 0.717) is 12.1 Å². The third-order valence-electron chi connectivity index (χ3n) is 2.03. The zero-order chi connectivity index (χ0) is 7.84. The van der Waals surface area contributed by atoms with Crippen molar-refractivity contribution in [2.75, 3.05) is 0 Å². The molecule has 0 saturated carbocycles. The van der Waals surface area contributed by atoms with E-state index in [1.165, 1.54) is 0 Å². The maximum atomic E-state index is 11.1. The number of nitrogens with one attached hydrogen (secondary N) is 1. The fourth-order valence-corrected chi connectivity index (χ4v) is 1.40. The van der Waals surface area contributed by atoms with E-state index >= 15 is 0 Å². The summed E-state index contributed by atoms with van der Waals surface area (Å²) in [7, 11) is 0. The van der Waals surface area contributed by atoms with Gasteiger partial charge in [0.1, 0.15) is 11.5 Å². The van der Waals surface area contributed by atoms with Crippen LogP contribution in [0.1, 0.15) is 36.8 Å². The first-order valence-electron chi connectivity index (χ1n) is 3.92. The zero-order valence-electron chi connectivity index (χ0n) is 6.48. The van der Waals surface area contributed by atoms with E-state index in [2.05, 4.69) is 9.97 Å². The van der Waals surface area contributed by atoms with Crippen LogP contribution >= 0.6 is 0 Å². The smallest absolute Gasteiger partial charge is 0.183 e. The lowest BCUT2D eigenvalue weighted by Crippen LogP contribution is -1.93. The number of ketones is 1. The summed E-state index contributed by atoms with van der Waals surface area (Å²) in [4.78, 5) is 18.4. The number of hydrogen-bond donors (Lipinski definition) is 1. The summed E-state index contributed by atoms with van der Waals surface area (Å²) in [5, 5.41) is 0. The highest BCUT2D eigenvalue weighted by atomic mass is 16.1. The highest BCUT2D eigenvalue weighted by Crippen LogP contribution is 2.18. The summed E-state index contributed by atoms with van der Waals surface area (Å²) in [6.45, 7) is 2.03. The number of carbonyl (C=O) groups excluding carboxylic acids is 1. The van der Waals surface area contributed by atoms with Crippen molar-refractivity contribution >= 4 is 5.78 Å². The quantitative estimate of drug-likeness (QED) is 0.660. The lowest BCUT2D eigenvalue weighted by Gasteiger charge is -1.87. The van der Waals surface area contributed by atoms with Gasteiger partial charge in [-0.3, -0.25) is 4.79 Å². The molecule has 0 unspecified atom stereocenters. The molecule has 0 aromatic carbocycles. The summed E-state index contributed by atoms with van der Waals surface area (Å²) in [6.07, 6.45) is 2.36. The standard InChI is InChI=1S/C8H10N2O.H2/c1-2-7-9-5-3-4-6(11)8(5)10-7;/h2-4H2,1H3,(H,9,10);1H. The second kappa shape index (κ2) is 2.19. The maximum Gasteiger partial charge on any atom is 0.183 e. The number of Topliss-reactive ketones (excluding diaryl/α,β-unsaturated/α-hetero) is 1. The number of aromatic amines is 1. The molecule has 0 aliphatic heterocycles. The normalized spacial score (nSPS) is 15.5. The minimum atomic E-state index is 0. The van der Waals surface area contributed by atoms with Gasteiger partial charge >= 0.3 is 0 Å². The second-order valence-corrected chi connectivity index (χ2v) is 2.79. The van der Waals surface area contributed by atoms with Crippen LogP contribution in [0.3, 0.4) is 0 Å². The molecule has 3 nitrogen and oxygen atoms in total. The SMILES string of the molecule is CCc1nc2c([nH]1)CCC2=O.[HH]. The molecular formula is C8H12N2O. The predicted molar refractivity (Wildman–Crippen MR) is 42.7 cm³/mol. The maximum absolute atomic E-state index is 11.1. The predicted octanol–water partition coefficient (Wildman–Crippen LogP) is 1.35. The monoisotopic (exact) mass is 152 g/mol. The molecule has 0 saturated heterocycles. The van der Waals surface area contributed by atoms with Crippen molar-refractivity contribution in [2.24, 2.45) is 0 Å². The fraction of sp³-hybridized carbons (Fsp3) is 0.500. The molecular weight excluding hydrogens is 140 g/mol. The van der Waals surface area contributed by atoms with Gasteiger partial charge in [0.25, 0.3) is 0 Å². The number of nitrogens with zero attached hydrogens (tertiary/aromatic N) is 1. The Morgan fingerprint density at radius 1 is 1.64 bits per heavy atom. The molecule has 0 atom stereocenters. The summed E-state index contributed by atoms with van der Waals surface area (Å²) in [5.41, 5.74) is 1.72. The van der Waals surface area contributed by atoms with Gasteiger partial charge in [-0.05, 0) is 6.42 Å². The van der Waals surface area contributed by atoms with Crippen LogP contribution in [-0.2, 0) is 12.8 Å². The molecule has 2 rings (SSSR count). The molecule has 1 aromatic rings. The fourth-order valence-electron chi connectivity index (χ4n) is 1.40. The van der Waals surface area contributed by atoms with Gasteiger partial charge < -0.3 is 4.98 Å². The van der Waals surface area contributed by atoms with Crippen molar-refractivity contribution in [3.8, 4) is 0 Å². The van der Waals surface area contributed by atoms with Crippen molar-refractivity contribution in [1.82, 2.24) is 9.97 Å². The number of imidazole rings is 1. The summed E-state index contributed by atoms with van der Waals surface area (Å²) in [5.74, 6) is 1.12. The molecule has 1 aliphatic rings. The van der Waals surface area contributed by atoms with Gasteiger partial charge in [0.05, 0.1) is 0 Å². The van der Waals surface area contributed by atoms with Gasteiger partial charge in [0.15, 0.2) is 5.78 Å². The van der Waals surface area contributed by atoms with Crippen molar-refractivity contribution < 1.29 is 6.22 Å². The Hall–Kier alpha value is -1.12. The van der Waals surface area contributed by atoms with Gasteiger partial charge in [-0.25, -0.2) is 4.98 Å². The summed E-state index contributed by atoms with van der Waals surface area (Å²) >= 11 is 0. The number of carbonyl (C=O) groups is 1. The topological polar surface area (TPSA) is 45.8 Å². The Bertz CT molecular complexity index is 306. The number of aromatic nitrogens is 2. The number of H-pyrrole nitrogens is 1. The molecule has 1 N–H and O–H groups in total. The van der Waals surface area contributed by atoms with E-state index in [0.717, 1.165) is 24.4 Å². The first-order chi connectivity index (χ1) is 5.31. The highest BCUT2D eigenvalue weighted by Gasteiger charge is 2.23. The van der Waals surface area contributed by atoms with Crippen LogP contribution in [0, 0.1) is 0 Å². The van der Waals surface area contributed by atoms with Crippen LogP contribution in [0.5, 0.6) is 0 Å². The minimum absolute atomic E-state index is 0. The molecule has 1 aromatic heterocycles. The number of aryl methyl sites for hydroxylation is 2. The molecule has 0 radical (unpaired) electrons. The molecule has 3 heteroatoms. The van der Waals surface area contributed by atoms with Gasteiger partial charge in [-0.15, -0.1) is 0 Å². The molecule has 0 amide bonds.